The minimum atomic E-state index is -1.03. The highest BCUT2D eigenvalue weighted by Gasteiger charge is 2.29. The second-order valence-electron chi connectivity index (χ2n) is 6.54. The molecule has 0 saturated heterocycles. The Morgan fingerprint density at radius 2 is 1.62 bits per heavy atom. The monoisotopic (exact) mass is 341 g/mol. The summed E-state index contributed by atoms with van der Waals surface area (Å²) in [6, 6.07) is 25.9. The van der Waals surface area contributed by atoms with Crippen molar-refractivity contribution in [3.8, 4) is 0 Å². The average Bonchev–Trinajstić information content (AvgIpc) is 2.71. The maximum atomic E-state index is 12.0. The lowest BCUT2D eigenvalue weighted by Crippen LogP contribution is -2.28. The lowest BCUT2D eigenvalue weighted by atomic mass is 9.92. The van der Waals surface area contributed by atoms with Crippen LogP contribution in [0.5, 0.6) is 0 Å². The maximum Gasteiger partial charge on any atom is 0.156 e. The van der Waals surface area contributed by atoms with E-state index in [9.17, 15) is 4.79 Å². The van der Waals surface area contributed by atoms with Gasteiger partial charge in [-0.1, -0.05) is 66.7 Å². The lowest BCUT2D eigenvalue weighted by Gasteiger charge is -2.25. The fourth-order valence-corrected chi connectivity index (χ4v) is 3.25. The van der Waals surface area contributed by atoms with Gasteiger partial charge in [0.1, 0.15) is 5.60 Å². The molecule has 0 amide bonds. The molecular weight excluding hydrogens is 322 g/mol. The number of para-hydroxylation sites is 1. The first kappa shape index (κ1) is 16.4. The molecule has 128 valence electrons. The fraction of sp³-hybridized carbons (Fsp3) is 0.130. The lowest BCUT2D eigenvalue weighted by molar-refractivity contribution is -0.132. The van der Waals surface area contributed by atoms with Crippen LogP contribution >= 0.6 is 0 Å². The predicted octanol–water partition coefficient (Wildman–Crippen LogP) is 5.02. The summed E-state index contributed by atoms with van der Waals surface area (Å²) in [5.74, 6) is 0. The Kier molecular flexibility index (Phi) is 4.23. The van der Waals surface area contributed by atoms with Crippen molar-refractivity contribution in [2.45, 2.75) is 19.1 Å². The summed E-state index contributed by atoms with van der Waals surface area (Å²) in [7, 11) is 0. The molecule has 1 aromatic heterocycles. The molecule has 0 saturated carbocycles. The van der Waals surface area contributed by atoms with Gasteiger partial charge in [0.25, 0.3) is 0 Å². The van der Waals surface area contributed by atoms with Crippen molar-refractivity contribution in [2.75, 3.05) is 0 Å². The minimum Gasteiger partial charge on any atom is -0.357 e. The van der Waals surface area contributed by atoms with Crippen LogP contribution in [0.3, 0.4) is 0 Å². The molecule has 1 atom stereocenters. The Hall–Kier alpha value is -3.04. The van der Waals surface area contributed by atoms with Gasteiger partial charge in [-0.15, -0.1) is 0 Å². The number of carbonyl (C=O) groups is 1. The number of aldehydes is 1. The van der Waals surface area contributed by atoms with E-state index in [2.05, 4.69) is 4.98 Å². The first-order valence-electron chi connectivity index (χ1n) is 8.63. The number of aromatic nitrogens is 1. The molecule has 4 aromatic rings. The zero-order valence-electron chi connectivity index (χ0n) is 14.6. The molecule has 3 nitrogen and oxygen atoms in total. The summed E-state index contributed by atoms with van der Waals surface area (Å²) in [5.41, 5.74) is 1.56. The number of nitrogens with zero attached hydrogens (tertiary/aromatic N) is 1. The van der Waals surface area contributed by atoms with E-state index < -0.39 is 5.60 Å². The van der Waals surface area contributed by atoms with Crippen molar-refractivity contribution in [1.29, 1.82) is 0 Å². The van der Waals surface area contributed by atoms with Gasteiger partial charge in [0, 0.05) is 5.39 Å². The second kappa shape index (κ2) is 6.70. The van der Waals surface area contributed by atoms with Gasteiger partial charge in [0.05, 0.1) is 17.8 Å². The van der Waals surface area contributed by atoms with Crippen LogP contribution in [0.1, 0.15) is 18.2 Å². The highest BCUT2D eigenvalue weighted by Crippen LogP contribution is 2.31. The van der Waals surface area contributed by atoms with E-state index in [1.165, 1.54) is 0 Å². The first-order chi connectivity index (χ1) is 12.7. The summed E-state index contributed by atoms with van der Waals surface area (Å²) < 4.78 is 6.08. The van der Waals surface area contributed by atoms with Crippen LogP contribution in [0.2, 0.25) is 0 Å². The van der Waals surface area contributed by atoms with Crippen molar-refractivity contribution in [2.24, 2.45) is 0 Å². The van der Waals surface area contributed by atoms with Gasteiger partial charge in [-0.3, -0.25) is 9.78 Å². The zero-order chi connectivity index (χ0) is 18.0. The average molecular weight is 341 g/mol. The first-order valence-corrected chi connectivity index (χ1v) is 8.63. The van der Waals surface area contributed by atoms with E-state index >= 15 is 0 Å². The molecule has 26 heavy (non-hydrogen) atoms. The van der Waals surface area contributed by atoms with E-state index in [0.29, 0.717) is 0 Å². The highest BCUT2D eigenvalue weighted by molar-refractivity contribution is 5.89. The Bertz CT molecular complexity index is 1080. The van der Waals surface area contributed by atoms with Gasteiger partial charge < -0.3 is 4.74 Å². The highest BCUT2D eigenvalue weighted by atomic mass is 16.5. The Morgan fingerprint density at radius 1 is 0.885 bits per heavy atom. The second-order valence-corrected chi connectivity index (χ2v) is 6.54. The van der Waals surface area contributed by atoms with Gasteiger partial charge in [-0.25, -0.2) is 0 Å². The van der Waals surface area contributed by atoms with E-state index in [1.807, 2.05) is 85.8 Å². The summed E-state index contributed by atoms with van der Waals surface area (Å²) in [6.45, 7) is 2.08. The predicted molar refractivity (Wildman–Crippen MR) is 104 cm³/mol. The topological polar surface area (TPSA) is 39.2 Å². The molecule has 0 aliphatic rings. The molecule has 0 bridgehead atoms. The van der Waals surface area contributed by atoms with Gasteiger partial charge in [-0.2, -0.15) is 0 Å². The molecule has 3 aromatic carbocycles. The smallest absolute Gasteiger partial charge is 0.156 e. The normalized spacial score (nSPS) is 13.6. The van der Waals surface area contributed by atoms with E-state index in [1.54, 1.807) is 0 Å². The van der Waals surface area contributed by atoms with Crippen LogP contribution in [0.4, 0.5) is 0 Å². The molecule has 1 unspecified atom stereocenters. The number of carbonyl (C=O) groups excluding carboxylic acids is 1. The van der Waals surface area contributed by atoms with Crippen LogP contribution in [0, 0.1) is 0 Å². The van der Waals surface area contributed by atoms with Crippen LogP contribution < -0.4 is 0 Å². The van der Waals surface area contributed by atoms with Crippen molar-refractivity contribution in [3.63, 3.8) is 0 Å². The Morgan fingerprint density at radius 3 is 2.46 bits per heavy atom. The molecule has 4 rings (SSSR count). The van der Waals surface area contributed by atoms with Crippen molar-refractivity contribution >= 4 is 28.0 Å². The third-order valence-electron chi connectivity index (χ3n) is 4.73. The number of fused-ring (bicyclic) bond motifs is 2. The van der Waals surface area contributed by atoms with Crippen molar-refractivity contribution in [1.82, 2.24) is 4.98 Å². The van der Waals surface area contributed by atoms with E-state index in [-0.39, 0.29) is 6.61 Å². The van der Waals surface area contributed by atoms with Crippen LogP contribution in [-0.2, 0) is 21.7 Å². The van der Waals surface area contributed by atoms with Gasteiger partial charge in [0.15, 0.2) is 6.29 Å². The molecule has 0 spiro atoms. The summed E-state index contributed by atoms with van der Waals surface area (Å²) in [5, 5.41) is 3.20. The van der Waals surface area contributed by atoms with Gasteiger partial charge in [0.2, 0.25) is 0 Å². The molecule has 0 aliphatic carbocycles. The number of hydrogen-bond acceptors (Lipinski definition) is 3. The van der Waals surface area contributed by atoms with E-state index in [4.69, 9.17) is 4.74 Å². The quantitative estimate of drug-likeness (QED) is 0.479. The molecule has 0 fully saturated rings. The number of hydrogen-bond donors (Lipinski definition) is 0. The summed E-state index contributed by atoms with van der Waals surface area (Å²) in [6.07, 6.45) is 0.871. The molecule has 3 heteroatoms. The number of pyridine rings is 1. The van der Waals surface area contributed by atoms with E-state index in [0.717, 1.165) is 39.2 Å². The van der Waals surface area contributed by atoms with Crippen LogP contribution in [0.25, 0.3) is 21.7 Å². The third-order valence-corrected chi connectivity index (χ3v) is 4.73. The summed E-state index contributed by atoms with van der Waals surface area (Å²) in [4.78, 5) is 16.6. The van der Waals surface area contributed by atoms with Crippen molar-refractivity contribution < 1.29 is 9.53 Å². The number of rotatable bonds is 5. The number of ether oxygens (including phenoxy) is 1. The zero-order valence-corrected chi connectivity index (χ0v) is 14.6. The van der Waals surface area contributed by atoms with Gasteiger partial charge >= 0.3 is 0 Å². The largest absolute Gasteiger partial charge is 0.357 e. The summed E-state index contributed by atoms with van der Waals surface area (Å²) >= 11 is 0. The third kappa shape index (κ3) is 2.98. The maximum absolute atomic E-state index is 12.0. The standard InChI is InChI=1S/C23H19NO2/c1-23(16-25,21-11-6-9-17-7-2-4-10-20(17)21)26-15-19-14-13-18-8-3-5-12-22(18)24-19/h2-14,16H,15H2,1H3. The molecule has 0 N–H and O–H groups in total. The Balaban J connectivity index is 1.66. The van der Waals surface area contributed by atoms with Crippen molar-refractivity contribution in [3.05, 3.63) is 90.1 Å². The molecular formula is C23H19NO2. The Labute approximate surface area is 152 Å². The fourth-order valence-electron chi connectivity index (χ4n) is 3.25. The van der Waals surface area contributed by atoms with Gasteiger partial charge in [-0.05, 0) is 35.4 Å². The van der Waals surface area contributed by atoms with Crippen LogP contribution in [0.15, 0.2) is 78.9 Å². The molecule has 0 radical (unpaired) electrons. The molecule has 1 heterocycles. The molecule has 0 aliphatic heterocycles. The van der Waals surface area contributed by atoms with Crippen LogP contribution in [-0.4, -0.2) is 11.3 Å². The number of benzene rings is 3. The minimum absolute atomic E-state index is 0.267. The SMILES string of the molecule is CC(C=O)(OCc1ccc2ccccc2n1)c1cccc2ccccc12.